The van der Waals surface area contributed by atoms with Crippen LogP contribution in [0.4, 0.5) is 5.82 Å². The fraction of sp³-hybridized carbons (Fsp3) is 0.143. The summed E-state index contributed by atoms with van der Waals surface area (Å²) in [6, 6.07) is 11.0. The van der Waals surface area contributed by atoms with Crippen molar-refractivity contribution < 1.29 is 8.42 Å². The van der Waals surface area contributed by atoms with Crippen molar-refractivity contribution in [2.45, 2.75) is 11.8 Å². The molecule has 114 valence electrons. The van der Waals surface area contributed by atoms with E-state index in [2.05, 4.69) is 14.9 Å². The summed E-state index contributed by atoms with van der Waals surface area (Å²) < 4.78 is 30.6. The molecule has 7 nitrogen and oxygen atoms in total. The van der Waals surface area contributed by atoms with Crippen molar-refractivity contribution in [2.24, 2.45) is 7.05 Å². The molecule has 1 aromatic carbocycles. The molecule has 0 bridgehead atoms. The Balaban J connectivity index is 1.99. The molecule has 0 aliphatic carbocycles. The van der Waals surface area contributed by atoms with Gasteiger partial charge in [0.25, 0.3) is 10.0 Å². The van der Waals surface area contributed by atoms with E-state index in [1.807, 2.05) is 30.3 Å². The van der Waals surface area contributed by atoms with Crippen LogP contribution in [-0.2, 0) is 17.1 Å². The zero-order valence-electron chi connectivity index (χ0n) is 12.1. The topological polar surface area (TPSA) is 81.8 Å². The number of hydrogen-bond donors (Lipinski definition) is 1. The number of nitrogens with zero attached hydrogens (tertiary/aromatic N) is 4. The average Bonchev–Trinajstić information content (AvgIpc) is 3.06. The van der Waals surface area contributed by atoms with E-state index in [1.165, 1.54) is 17.1 Å². The van der Waals surface area contributed by atoms with Crippen LogP contribution in [0.15, 0.2) is 53.7 Å². The van der Waals surface area contributed by atoms with Gasteiger partial charge in [-0.05, 0) is 19.1 Å². The summed E-state index contributed by atoms with van der Waals surface area (Å²) in [6.45, 7) is 1.72. The molecule has 0 radical (unpaired) electrons. The summed E-state index contributed by atoms with van der Waals surface area (Å²) in [7, 11) is -2.05. The maximum absolute atomic E-state index is 12.5. The maximum atomic E-state index is 12.5. The number of anilines is 1. The number of rotatable bonds is 4. The molecule has 0 amide bonds. The van der Waals surface area contributed by atoms with Crippen LogP contribution in [0.2, 0.25) is 0 Å². The van der Waals surface area contributed by atoms with E-state index < -0.39 is 10.0 Å². The van der Waals surface area contributed by atoms with Gasteiger partial charge in [0, 0.05) is 13.1 Å². The van der Waals surface area contributed by atoms with Crippen LogP contribution in [0.5, 0.6) is 0 Å². The fourth-order valence-electron chi connectivity index (χ4n) is 2.15. The third-order valence-corrected chi connectivity index (χ3v) is 4.77. The minimum Gasteiger partial charge on any atom is -0.263 e. The lowest BCUT2D eigenvalue weighted by Gasteiger charge is -2.08. The number of sulfonamides is 1. The first-order valence-electron chi connectivity index (χ1n) is 6.60. The van der Waals surface area contributed by atoms with Gasteiger partial charge in [0.15, 0.2) is 0 Å². The fourth-order valence-corrected chi connectivity index (χ4v) is 3.40. The van der Waals surface area contributed by atoms with Crippen molar-refractivity contribution in [3.8, 4) is 5.69 Å². The van der Waals surface area contributed by atoms with Crippen LogP contribution < -0.4 is 4.72 Å². The van der Waals surface area contributed by atoms with Gasteiger partial charge in [-0.1, -0.05) is 18.2 Å². The van der Waals surface area contributed by atoms with E-state index in [-0.39, 0.29) is 4.90 Å². The number of para-hydroxylation sites is 1. The highest BCUT2D eigenvalue weighted by Crippen LogP contribution is 2.20. The molecule has 3 aromatic rings. The summed E-state index contributed by atoms with van der Waals surface area (Å²) >= 11 is 0. The van der Waals surface area contributed by atoms with Crippen LogP contribution in [0.25, 0.3) is 5.69 Å². The lowest BCUT2D eigenvalue weighted by Crippen LogP contribution is -2.16. The van der Waals surface area contributed by atoms with Gasteiger partial charge >= 0.3 is 0 Å². The van der Waals surface area contributed by atoms with Gasteiger partial charge in [-0.15, -0.1) is 0 Å². The highest BCUT2D eigenvalue weighted by atomic mass is 32.2. The maximum Gasteiger partial charge on any atom is 0.266 e. The van der Waals surface area contributed by atoms with Gasteiger partial charge in [0.05, 0.1) is 23.8 Å². The minimum atomic E-state index is -3.72. The van der Waals surface area contributed by atoms with Gasteiger partial charge in [-0.25, -0.2) is 13.1 Å². The Hall–Kier alpha value is -2.61. The quantitative estimate of drug-likeness (QED) is 0.794. The zero-order chi connectivity index (χ0) is 15.7. The average molecular weight is 317 g/mol. The molecule has 0 saturated carbocycles. The number of aromatic nitrogens is 4. The zero-order valence-corrected chi connectivity index (χ0v) is 12.9. The predicted molar refractivity (Wildman–Crippen MR) is 82.3 cm³/mol. The Bertz CT molecular complexity index is 896. The molecule has 0 saturated heterocycles. The second kappa shape index (κ2) is 5.30. The number of aryl methyl sites for hydroxylation is 1. The lowest BCUT2D eigenvalue weighted by molar-refractivity contribution is 0.599. The Morgan fingerprint density at radius 2 is 1.82 bits per heavy atom. The summed E-state index contributed by atoms with van der Waals surface area (Å²) in [5, 5.41) is 8.12. The monoisotopic (exact) mass is 317 g/mol. The van der Waals surface area contributed by atoms with Crippen molar-refractivity contribution >= 4 is 15.8 Å². The smallest absolute Gasteiger partial charge is 0.263 e. The third kappa shape index (κ3) is 2.48. The molecule has 2 heterocycles. The van der Waals surface area contributed by atoms with Crippen LogP contribution in [0.1, 0.15) is 5.69 Å². The van der Waals surface area contributed by atoms with Crippen molar-refractivity contribution in [3.05, 3.63) is 54.5 Å². The summed E-state index contributed by atoms with van der Waals surface area (Å²) in [4.78, 5) is 0.137. The van der Waals surface area contributed by atoms with Crippen molar-refractivity contribution in [1.82, 2.24) is 19.6 Å². The van der Waals surface area contributed by atoms with E-state index in [1.54, 1.807) is 24.7 Å². The molecular weight excluding hydrogens is 302 g/mol. The number of hydrogen-bond acceptors (Lipinski definition) is 4. The molecule has 0 aliphatic heterocycles. The largest absolute Gasteiger partial charge is 0.266 e. The second-order valence-electron chi connectivity index (χ2n) is 4.79. The summed E-state index contributed by atoms with van der Waals surface area (Å²) in [5.41, 5.74) is 1.35. The second-order valence-corrected chi connectivity index (χ2v) is 6.44. The first-order chi connectivity index (χ1) is 10.5. The van der Waals surface area contributed by atoms with Crippen LogP contribution in [-0.4, -0.2) is 28.0 Å². The Morgan fingerprint density at radius 3 is 2.45 bits per heavy atom. The van der Waals surface area contributed by atoms with E-state index in [0.717, 1.165) is 5.69 Å². The molecule has 1 N–H and O–H groups in total. The van der Waals surface area contributed by atoms with Crippen LogP contribution in [0.3, 0.4) is 0 Å². The number of benzene rings is 1. The van der Waals surface area contributed by atoms with Crippen molar-refractivity contribution in [2.75, 3.05) is 4.72 Å². The van der Waals surface area contributed by atoms with Crippen LogP contribution in [0, 0.1) is 6.92 Å². The highest BCUT2D eigenvalue weighted by molar-refractivity contribution is 7.92. The first kappa shape index (κ1) is 14.3. The molecule has 0 aliphatic rings. The summed E-state index contributed by atoms with van der Waals surface area (Å²) in [5.74, 6) is 0.395. The highest BCUT2D eigenvalue weighted by Gasteiger charge is 2.22. The minimum absolute atomic E-state index is 0.137. The molecule has 22 heavy (non-hydrogen) atoms. The van der Waals surface area contributed by atoms with Gasteiger partial charge in [0.2, 0.25) is 0 Å². The molecule has 0 spiro atoms. The van der Waals surface area contributed by atoms with Gasteiger partial charge in [-0.2, -0.15) is 10.2 Å². The van der Waals surface area contributed by atoms with Crippen molar-refractivity contribution in [1.29, 1.82) is 0 Å². The molecule has 0 atom stereocenters. The number of nitrogens with one attached hydrogen (secondary N) is 1. The molecule has 3 rings (SSSR count). The van der Waals surface area contributed by atoms with Gasteiger partial charge in [0.1, 0.15) is 10.7 Å². The Morgan fingerprint density at radius 1 is 1.09 bits per heavy atom. The molecule has 2 aromatic heterocycles. The standard InChI is InChI=1S/C14H15N5O2S/c1-11-13(10-16-19(11)12-6-4-3-5-7-12)22(20,21)17-14-8-9-15-18(14)2/h3-10,17H,1-2H3. The van der Waals surface area contributed by atoms with E-state index >= 15 is 0 Å². The Kier molecular flexibility index (Phi) is 3.45. The first-order valence-corrected chi connectivity index (χ1v) is 8.08. The molecule has 0 unspecified atom stereocenters. The van der Waals surface area contributed by atoms with Crippen LogP contribution >= 0.6 is 0 Å². The lowest BCUT2D eigenvalue weighted by atomic mass is 10.3. The molecule has 0 fully saturated rings. The van der Waals surface area contributed by atoms with E-state index in [9.17, 15) is 8.42 Å². The van der Waals surface area contributed by atoms with E-state index in [4.69, 9.17) is 0 Å². The van der Waals surface area contributed by atoms with E-state index in [0.29, 0.717) is 11.5 Å². The third-order valence-electron chi connectivity index (χ3n) is 3.31. The SMILES string of the molecule is Cc1c(S(=O)(=O)Nc2ccnn2C)cnn1-c1ccccc1. The van der Waals surface area contributed by atoms with Gasteiger partial charge < -0.3 is 0 Å². The van der Waals surface area contributed by atoms with Crippen molar-refractivity contribution in [3.63, 3.8) is 0 Å². The molecular formula is C14H15N5O2S. The van der Waals surface area contributed by atoms with Gasteiger partial charge in [-0.3, -0.25) is 9.40 Å². The summed E-state index contributed by atoms with van der Waals surface area (Å²) in [6.07, 6.45) is 2.87. The predicted octanol–water partition coefficient (Wildman–Crippen LogP) is 1.72. The molecule has 8 heteroatoms. The Labute approximate surface area is 128 Å². The normalized spacial score (nSPS) is 11.5.